The van der Waals surface area contributed by atoms with Gasteiger partial charge in [0.05, 0.1) is 0 Å². The number of nitrogens with zero attached hydrogens (tertiary/aromatic N) is 1. The largest absolute Gasteiger partial charge is 0.275 e. The number of carbonyl (C=O) groups excluding carboxylic acids is 2. The summed E-state index contributed by atoms with van der Waals surface area (Å²) in [5.74, 6) is 0.570. The Bertz CT molecular complexity index is 318. The number of unbranched alkanes of at least 4 members (excludes halogenated alkanes) is 3. The summed E-state index contributed by atoms with van der Waals surface area (Å²) in [5.41, 5.74) is 0. The van der Waals surface area contributed by atoms with Crippen molar-refractivity contribution in [3.63, 3.8) is 0 Å². The average molecular weight is 279 g/mol. The highest BCUT2D eigenvalue weighted by Gasteiger charge is 2.22. The van der Waals surface area contributed by atoms with Crippen LogP contribution in [0.3, 0.4) is 0 Å². The predicted molar refractivity (Wildman–Crippen MR) is 82.3 cm³/mol. The second-order valence-corrected chi connectivity index (χ2v) is 5.81. The van der Waals surface area contributed by atoms with Gasteiger partial charge in [0.15, 0.2) is 0 Å². The fraction of sp³-hybridized carbons (Fsp3) is 0.765. The van der Waals surface area contributed by atoms with Crippen molar-refractivity contribution >= 4 is 11.8 Å². The van der Waals surface area contributed by atoms with Crippen LogP contribution in [-0.4, -0.2) is 23.3 Å². The van der Waals surface area contributed by atoms with Crippen LogP contribution in [0.4, 0.5) is 0 Å². The van der Waals surface area contributed by atoms with Crippen LogP contribution in [0, 0.1) is 5.92 Å². The fourth-order valence-electron chi connectivity index (χ4n) is 2.87. The Labute approximate surface area is 123 Å². The van der Waals surface area contributed by atoms with Gasteiger partial charge in [-0.1, -0.05) is 65.2 Å². The standard InChI is InChI=1S/C17H29NO2/c1-3-5-10-15(9-4-2)11-7-6-8-14-18-16(19)12-13-17(18)20/h12-13,15H,3-11,14H2,1-2H3. The fourth-order valence-corrected chi connectivity index (χ4v) is 2.87. The number of imide groups is 1. The van der Waals surface area contributed by atoms with E-state index in [4.69, 9.17) is 0 Å². The van der Waals surface area contributed by atoms with Crippen LogP contribution in [0.25, 0.3) is 0 Å². The second kappa shape index (κ2) is 9.73. The maximum atomic E-state index is 11.4. The zero-order valence-electron chi connectivity index (χ0n) is 13.1. The minimum Gasteiger partial charge on any atom is -0.275 e. The molecule has 114 valence electrons. The van der Waals surface area contributed by atoms with E-state index in [0.29, 0.717) is 6.54 Å². The number of carbonyl (C=O) groups is 2. The second-order valence-electron chi connectivity index (χ2n) is 5.81. The molecule has 0 aromatic carbocycles. The van der Waals surface area contributed by atoms with Crippen molar-refractivity contribution in [3.8, 4) is 0 Å². The van der Waals surface area contributed by atoms with E-state index in [-0.39, 0.29) is 11.8 Å². The Hall–Kier alpha value is -1.12. The smallest absolute Gasteiger partial charge is 0.253 e. The lowest BCUT2D eigenvalue weighted by Crippen LogP contribution is -2.30. The normalized spacial score (nSPS) is 16.2. The number of amides is 2. The van der Waals surface area contributed by atoms with Crippen molar-refractivity contribution in [1.82, 2.24) is 4.90 Å². The van der Waals surface area contributed by atoms with E-state index >= 15 is 0 Å². The molecule has 0 spiro atoms. The van der Waals surface area contributed by atoms with E-state index in [0.717, 1.165) is 18.8 Å². The number of hydrogen-bond donors (Lipinski definition) is 0. The zero-order valence-corrected chi connectivity index (χ0v) is 13.1. The molecule has 0 saturated carbocycles. The van der Waals surface area contributed by atoms with Gasteiger partial charge in [-0.2, -0.15) is 0 Å². The van der Waals surface area contributed by atoms with Crippen LogP contribution < -0.4 is 0 Å². The molecule has 1 rings (SSSR count). The van der Waals surface area contributed by atoms with E-state index in [1.165, 1.54) is 62.0 Å². The first-order chi connectivity index (χ1) is 9.69. The zero-order chi connectivity index (χ0) is 14.8. The highest BCUT2D eigenvalue weighted by Crippen LogP contribution is 2.21. The monoisotopic (exact) mass is 279 g/mol. The van der Waals surface area contributed by atoms with Gasteiger partial charge in [-0.3, -0.25) is 14.5 Å². The van der Waals surface area contributed by atoms with E-state index < -0.39 is 0 Å². The first-order valence-electron chi connectivity index (χ1n) is 8.22. The molecule has 0 aromatic heterocycles. The first kappa shape index (κ1) is 16.9. The third kappa shape index (κ3) is 5.89. The Kier molecular flexibility index (Phi) is 8.24. The molecule has 3 nitrogen and oxygen atoms in total. The van der Waals surface area contributed by atoms with Crippen LogP contribution >= 0.6 is 0 Å². The number of hydrogen-bond acceptors (Lipinski definition) is 2. The average Bonchev–Trinajstić information content (AvgIpc) is 2.75. The minimum atomic E-state index is -0.151. The van der Waals surface area contributed by atoms with Gasteiger partial charge in [0, 0.05) is 18.7 Å². The molecule has 1 aliphatic heterocycles. The third-order valence-corrected chi connectivity index (χ3v) is 4.06. The van der Waals surface area contributed by atoms with Gasteiger partial charge in [-0.25, -0.2) is 0 Å². The van der Waals surface area contributed by atoms with E-state index in [1.807, 2.05) is 0 Å². The van der Waals surface area contributed by atoms with Gasteiger partial charge in [-0.15, -0.1) is 0 Å². The molecule has 0 bridgehead atoms. The Morgan fingerprint density at radius 3 is 2.10 bits per heavy atom. The van der Waals surface area contributed by atoms with Crippen LogP contribution in [0.15, 0.2) is 12.2 Å². The van der Waals surface area contributed by atoms with Gasteiger partial charge in [0.2, 0.25) is 0 Å². The van der Waals surface area contributed by atoms with Gasteiger partial charge in [-0.05, 0) is 12.3 Å². The molecule has 0 aliphatic carbocycles. The van der Waals surface area contributed by atoms with Crippen LogP contribution in [0.5, 0.6) is 0 Å². The third-order valence-electron chi connectivity index (χ3n) is 4.06. The first-order valence-corrected chi connectivity index (χ1v) is 8.22. The highest BCUT2D eigenvalue weighted by atomic mass is 16.2. The van der Waals surface area contributed by atoms with E-state index in [9.17, 15) is 9.59 Å². The van der Waals surface area contributed by atoms with Crippen molar-refractivity contribution in [3.05, 3.63) is 12.2 Å². The molecule has 0 N–H and O–H groups in total. The lowest BCUT2D eigenvalue weighted by molar-refractivity contribution is -0.136. The summed E-state index contributed by atoms with van der Waals surface area (Å²) in [5, 5.41) is 0. The summed E-state index contributed by atoms with van der Waals surface area (Å²) in [6.07, 6.45) is 13.9. The SMILES string of the molecule is CCCCC(CCC)CCCCCN1C(=O)C=CC1=O. The Balaban J connectivity index is 2.10. The lowest BCUT2D eigenvalue weighted by atomic mass is 9.91. The molecule has 0 fully saturated rings. The van der Waals surface area contributed by atoms with Gasteiger partial charge >= 0.3 is 0 Å². The molecule has 0 radical (unpaired) electrons. The Morgan fingerprint density at radius 2 is 1.50 bits per heavy atom. The summed E-state index contributed by atoms with van der Waals surface area (Å²) < 4.78 is 0. The summed E-state index contributed by atoms with van der Waals surface area (Å²) in [7, 11) is 0. The molecule has 1 heterocycles. The Morgan fingerprint density at radius 1 is 0.850 bits per heavy atom. The van der Waals surface area contributed by atoms with Crippen LogP contribution in [0.2, 0.25) is 0 Å². The molecule has 1 unspecified atom stereocenters. The highest BCUT2D eigenvalue weighted by molar-refractivity contribution is 6.12. The van der Waals surface area contributed by atoms with Crippen molar-refractivity contribution in [2.45, 2.75) is 71.6 Å². The topological polar surface area (TPSA) is 37.4 Å². The van der Waals surface area contributed by atoms with E-state index in [2.05, 4.69) is 13.8 Å². The minimum absolute atomic E-state index is 0.151. The van der Waals surface area contributed by atoms with E-state index in [1.54, 1.807) is 0 Å². The van der Waals surface area contributed by atoms with Crippen LogP contribution in [-0.2, 0) is 9.59 Å². The molecule has 3 heteroatoms. The lowest BCUT2D eigenvalue weighted by Gasteiger charge is -2.16. The molecular weight excluding hydrogens is 250 g/mol. The van der Waals surface area contributed by atoms with Gasteiger partial charge in [0.25, 0.3) is 11.8 Å². The quantitative estimate of drug-likeness (QED) is 0.422. The summed E-state index contributed by atoms with van der Waals surface area (Å²) in [6.45, 7) is 5.09. The van der Waals surface area contributed by atoms with Gasteiger partial charge in [0.1, 0.15) is 0 Å². The molecule has 0 aromatic rings. The number of rotatable bonds is 11. The van der Waals surface area contributed by atoms with Gasteiger partial charge < -0.3 is 0 Å². The summed E-state index contributed by atoms with van der Waals surface area (Å²) >= 11 is 0. The van der Waals surface area contributed by atoms with Crippen molar-refractivity contribution in [2.75, 3.05) is 6.54 Å². The molecule has 0 saturated heterocycles. The summed E-state index contributed by atoms with van der Waals surface area (Å²) in [6, 6.07) is 0. The summed E-state index contributed by atoms with van der Waals surface area (Å²) in [4.78, 5) is 24.1. The predicted octanol–water partition coefficient (Wildman–Crippen LogP) is 4.08. The maximum Gasteiger partial charge on any atom is 0.253 e. The molecule has 1 aliphatic rings. The molecular formula is C17H29NO2. The maximum absolute atomic E-state index is 11.4. The van der Waals surface area contributed by atoms with Crippen LogP contribution in [0.1, 0.15) is 71.6 Å². The van der Waals surface area contributed by atoms with Crippen molar-refractivity contribution in [1.29, 1.82) is 0 Å². The molecule has 1 atom stereocenters. The molecule has 2 amide bonds. The van der Waals surface area contributed by atoms with Crippen molar-refractivity contribution < 1.29 is 9.59 Å². The molecule has 20 heavy (non-hydrogen) atoms. The van der Waals surface area contributed by atoms with Crippen molar-refractivity contribution in [2.24, 2.45) is 5.92 Å².